The van der Waals surface area contributed by atoms with Crippen LogP contribution in [0.1, 0.15) is 39.0 Å². The molecule has 1 atom stereocenters. The number of carbonyl (C=O) groups is 1. The van der Waals surface area contributed by atoms with Crippen molar-refractivity contribution in [3.8, 4) is 0 Å². The molecule has 0 aromatic carbocycles. The molecule has 0 spiro atoms. The number of rotatable bonds is 5. The highest BCUT2D eigenvalue weighted by molar-refractivity contribution is 5.76. The highest BCUT2D eigenvalue weighted by Gasteiger charge is 2.22. The molecule has 0 aliphatic carbocycles. The van der Waals surface area contributed by atoms with Gasteiger partial charge in [0.25, 0.3) is 0 Å². The lowest BCUT2D eigenvalue weighted by Crippen LogP contribution is -2.45. The van der Waals surface area contributed by atoms with Gasteiger partial charge in [-0.3, -0.25) is 4.79 Å². The number of amides is 1. The highest BCUT2D eigenvalue weighted by Crippen LogP contribution is 2.14. The van der Waals surface area contributed by atoms with Crippen LogP contribution in [0.5, 0.6) is 0 Å². The Morgan fingerprint density at radius 1 is 1.33 bits per heavy atom. The van der Waals surface area contributed by atoms with Crippen molar-refractivity contribution < 1.29 is 4.79 Å². The van der Waals surface area contributed by atoms with Crippen LogP contribution in [0.2, 0.25) is 0 Å². The summed E-state index contributed by atoms with van der Waals surface area (Å²) >= 11 is 0. The second-order valence-electron chi connectivity index (χ2n) is 5.75. The molecular formula is C14H27N3O. The number of hydrogen-bond donors (Lipinski definition) is 2. The minimum atomic E-state index is 0.262. The molecule has 0 aromatic heterocycles. The Balaban J connectivity index is 1.63. The summed E-state index contributed by atoms with van der Waals surface area (Å²) in [4.78, 5) is 14.4. The van der Waals surface area contributed by atoms with Gasteiger partial charge in [0.05, 0.1) is 0 Å². The number of likely N-dealkylation sites (tertiary alicyclic amines) is 1. The Morgan fingerprint density at radius 3 is 2.72 bits per heavy atom. The van der Waals surface area contributed by atoms with Crippen LogP contribution >= 0.6 is 0 Å². The lowest BCUT2D eigenvalue weighted by atomic mass is 10.0. The van der Waals surface area contributed by atoms with Gasteiger partial charge in [-0.25, -0.2) is 0 Å². The van der Waals surface area contributed by atoms with E-state index in [2.05, 4.69) is 22.5 Å². The standard InChI is InChI=1S/C14H27N3O/c1-2-7-17-8-4-13(5-9-17)16-14(18)10-12-3-6-15-11-12/h12-13,15H,2-11H2,1H3,(H,16,18). The summed E-state index contributed by atoms with van der Waals surface area (Å²) in [5, 5.41) is 6.53. The Hall–Kier alpha value is -0.610. The van der Waals surface area contributed by atoms with Gasteiger partial charge in [-0.15, -0.1) is 0 Å². The van der Waals surface area contributed by atoms with Crippen LogP contribution in [0.4, 0.5) is 0 Å². The fourth-order valence-corrected chi connectivity index (χ4v) is 3.05. The molecule has 18 heavy (non-hydrogen) atoms. The molecule has 2 heterocycles. The van der Waals surface area contributed by atoms with Gasteiger partial charge in [0.2, 0.25) is 5.91 Å². The van der Waals surface area contributed by atoms with E-state index in [0.29, 0.717) is 18.4 Å². The Bertz CT molecular complexity index is 256. The zero-order chi connectivity index (χ0) is 12.8. The second-order valence-corrected chi connectivity index (χ2v) is 5.75. The van der Waals surface area contributed by atoms with Gasteiger partial charge in [-0.1, -0.05) is 6.92 Å². The quantitative estimate of drug-likeness (QED) is 0.767. The van der Waals surface area contributed by atoms with Crippen LogP contribution < -0.4 is 10.6 Å². The second kappa shape index (κ2) is 7.10. The van der Waals surface area contributed by atoms with E-state index >= 15 is 0 Å². The zero-order valence-corrected chi connectivity index (χ0v) is 11.6. The van der Waals surface area contributed by atoms with E-state index < -0.39 is 0 Å². The first-order valence-electron chi connectivity index (χ1n) is 7.50. The highest BCUT2D eigenvalue weighted by atomic mass is 16.1. The molecule has 2 N–H and O–H groups in total. The molecule has 0 saturated carbocycles. The van der Waals surface area contributed by atoms with Crippen molar-refractivity contribution in [2.45, 2.75) is 45.1 Å². The number of nitrogens with one attached hydrogen (secondary N) is 2. The van der Waals surface area contributed by atoms with E-state index in [1.54, 1.807) is 0 Å². The van der Waals surface area contributed by atoms with E-state index in [-0.39, 0.29) is 5.91 Å². The van der Waals surface area contributed by atoms with Gasteiger partial charge < -0.3 is 15.5 Å². The van der Waals surface area contributed by atoms with Crippen LogP contribution in [0.15, 0.2) is 0 Å². The first kappa shape index (κ1) is 13.8. The fraction of sp³-hybridized carbons (Fsp3) is 0.929. The molecule has 0 radical (unpaired) electrons. The largest absolute Gasteiger partial charge is 0.353 e. The smallest absolute Gasteiger partial charge is 0.220 e. The third kappa shape index (κ3) is 4.25. The van der Waals surface area contributed by atoms with Gasteiger partial charge in [0.15, 0.2) is 0 Å². The average molecular weight is 253 g/mol. The van der Waals surface area contributed by atoms with Crippen molar-refractivity contribution in [1.82, 2.24) is 15.5 Å². The molecule has 0 bridgehead atoms. The topological polar surface area (TPSA) is 44.4 Å². The molecule has 4 heteroatoms. The number of hydrogen-bond acceptors (Lipinski definition) is 3. The van der Waals surface area contributed by atoms with Crippen LogP contribution in [-0.4, -0.2) is 49.6 Å². The maximum atomic E-state index is 11.9. The van der Waals surface area contributed by atoms with Crippen molar-refractivity contribution >= 4 is 5.91 Å². The number of piperidine rings is 1. The molecule has 2 aliphatic rings. The SMILES string of the molecule is CCCN1CCC(NC(=O)CC2CCNC2)CC1. The lowest BCUT2D eigenvalue weighted by molar-refractivity contribution is -0.122. The summed E-state index contributed by atoms with van der Waals surface area (Å²) in [6.07, 6.45) is 5.33. The predicted octanol–water partition coefficient (Wildman–Crippen LogP) is 0.977. The molecule has 1 unspecified atom stereocenters. The lowest BCUT2D eigenvalue weighted by Gasteiger charge is -2.32. The molecular weight excluding hydrogens is 226 g/mol. The normalized spacial score (nSPS) is 26.4. The molecule has 2 aliphatic heterocycles. The average Bonchev–Trinajstić information content (AvgIpc) is 2.84. The van der Waals surface area contributed by atoms with Crippen molar-refractivity contribution in [3.63, 3.8) is 0 Å². The van der Waals surface area contributed by atoms with Crippen molar-refractivity contribution in [2.24, 2.45) is 5.92 Å². The van der Waals surface area contributed by atoms with Crippen LogP contribution in [0.3, 0.4) is 0 Å². The molecule has 104 valence electrons. The molecule has 4 nitrogen and oxygen atoms in total. The van der Waals surface area contributed by atoms with E-state index in [1.807, 2.05) is 0 Å². The molecule has 1 amide bonds. The number of nitrogens with zero attached hydrogens (tertiary/aromatic N) is 1. The van der Waals surface area contributed by atoms with Gasteiger partial charge in [0.1, 0.15) is 0 Å². The van der Waals surface area contributed by atoms with Crippen molar-refractivity contribution in [1.29, 1.82) is 0 Å². The Morgan fingerprint density at radius 2 is 2.11 bits per heavy atom. The van der Waals surface area contributed by atoms with Crippen LogP contribution in [0, 0.1) is 5.92 Å². The minimum Gasteiger partial charge on any atom is -0.353 e. The van der Waals surface area contributed by atoms with E-state index in [1.165, 1.54) is 13.0 Å². The van der Waals surface area contributed by atoms with Crippen molar-refractivity contribution in [2.75, 3.05) is 32.7 Å². The van der Waals surface area contributed by atoms with E-state index in [4.69, 9.17) is 0 Å². The molecule has 2 fully saturated rings. The van der Waals surface area contributed by atoms with E-state index in [9.17, 15) is 4.79 Å². The van der Waals surface area contributed by atoms with E-state index in [0.717, 1.165) is 45.4 Å². The van der Waals surface area contributed by atoms with Crippen molar-refractivity contribution in [3.05, 3.63) is 0 Å². The maximum absolute atomic E-state index is 11.9. The molecule has 2 rings (SSSR count). The first-order chi connectivity index (χ1) is 8.78. The predicted molar refractivity (Wildman–Crippen MR) is 73.5 cm³/mol. The van der Waals surface area contributed by atoms with Gasteiger partial charge in [0, 0.05) is 25.6 Å². The Kier molecular flexibility index (Phi) is 5.45. The van der Waals surface area contributed by atoms with Crippen LogP contribution in [0.25, 0.3) is 0 Å². The third-order valence-corrected chi connectivity index (χ3v) is 4.13. The van der Waals surface area contributed by atoms with Gasteiger partial charge >= 0.3 is 0 Å². The summed E-state index contributed by atoms with van der Waals surface area (Å²) in [5.74, 6) is 0.822. The fourth-order valence-electron chi connectivity index (χ4n) is 3.05. The summed E-state index contributed by atoms with van der Waals surface area (Å²) in [7, 11) is 0. The monoisotopic (exact) mass is 253 g/mol. The summed E-state index contributed by atoms with van der Waals surface area (Å²) in [6.45, 7) is 7.81. The first-order valence-corrected chi connectivity index (χ1v) is 7.50. The molecule has 2 saturated heterocycles. The molecule has 0 aromatic rings. The number of carbonyl (C=O) groups excluding carboxylic acids is 1. The van der Waals surface area contributed by atoms with Gasteiger partial charge in [-0.05, 0) is 51.2 Å². The summed E-state index contributed by atoms with van der Waals surface area (Å²) in [5.41, 5.74) is 0. The van der Waals surface area contributed by atoms with Crippen LogP contribution in [-0.2, 0) is 4.79 Å². The third-order valence-electron chi connectivity index (χ3n) is 4.13. The minimum absolute atomic E-state index is 0.262. The van der Waals surface area contributed by atoms with Gasteiger partial charge in [-0.2, -0.15) is 0 Å². The summed E-state index contributed by atoms with van der Waals surface area (Å²) < 4.78 is 0. The summed E-state index contributed by atoms with van der Waals surface area (Å²) in [6, 6.07) is 0.417. The maximum Gasteiger partial charge on any atom is 0.220 e. The Labute approximate surface area is 110 Å². The zero-order valence-electron chi connectivity index (χ0n) is 11.6.